The SMILES string of the molecule is Fc1cccc(F)c1Cn1cc(-c2ncc(C3CC3)cn2)c2cccnc21. The summed E-state index contributed by atoms with van der Waals surface area (Å²) < 4.78 is 29.9. The molecule has 1 aliphatic carbocycles. The zero-order valence-corrected chi connectivity index (χ0v) is 14.4. The summed E-state index contributed by atoms with van der Waals surface area (Å²) in [6.07, 6.45) is 9.61. The van der Waals surface area contributed by atoms with Crippen molar-refractivity contribution < 1.29 is 8.78 Å². The highest BCUT2D eigenvalue weighted by Gasteiger charge is 2.24. The van der Waals surface area contributed by atoms with Gasteiger partial charge in [0.25, 0.3) is 0 Å². The molecule has 0 unspecified atom stereocenters. The van der Waals surface area contributed by atoms with Crippen LogP contribution in [0.4, 0.5) is 8.78 Å². The van der Waals surface area contributed by atoms with Gasteiger partial charge in [-0.2, -0.15) is 0 Å². The lowest BCUT2D eigenvalue weighted by molar-refractivity contribution is 0.546. The van der Waals surface area contributed by atoms with Crippen LogP contribution in [-0.2, 0) is 6.54 Å². The molecule has 3 aromatic heterocycles. The highest BCUT2D eigenvalue weighted by Crippen LogP contribution is 2.39. The molecule has 4 nitrogen and oxygen atoms in total. The number of hydrogen-bond acceptors (Lipinski definition) is 3. The van der Waals surface area contributed by atoms with Gasteiger partial charge >= 0.3 is 0 Å². The average Bonchev–Trinajstić information content (AvgIpc) is 3.48. The Morgan fingerprint density at radius 2 is 1.70 bits per heavy atom. The molecule has 0 spiro atoms. The Morgan fingerprint density at radius 3 is 2.41 bits per heavy atom. The van der Waals surface area contributed by atoms with Crippen LogP contribution in [0.2, 0.25) is 0 Å². The lowest BCUT2D eigenvalue weighted by atomic mass is 10.2. The molecule has 1 fully saturated rings. The third-order valence-corrected chi connectivity index (χ3v) is 4.99. The Labute approximate surface area is 154 Å². The summed E-state index contributed by atoms with van der Waals surface area (Å²) in [5.41, 5.74) is 2.62. The highest BCUT2D eigenvalue weighted by molar-refractivity contribution is 5.92. The number of benzene rings is 1. The minimum absolute atomic E-state index is 0.0107. The Hall–Kier alpha value is -3.15. The molecule has 3 heterocycles. The number of nitrogens with zero attached hydrogens (tertiary/aromatic N) is 4. The molecule has 4 aromatic rings. The van der Waals surface area contributed by atoms with E-state index >= 15 is 0 Å². The van der Waals surface area contributed by atoms with E-state index in [1.807, 2.05) is 30.7 Å². The second-order valence-corrected chi connectivity index (χ2v) is 6.86. The van der Waals surface area contributed by atoms with Crippen molar-refractivity contribution >= 4 is 11.0 Å². The fourth-order valence-corrected chi connectivity index (χ4v) is 3.38. The fourth-order valence-electron chi connectivity index (χ4n) is 3.38. The monoisotopic (exact) mass is 362 g/mol. The lowest BCUT2D eigenvalue weighted by Gasteiger charge is -2.07. The molecule has 0 radical (unpaired) electrons. The van der Waals surface area contributed by atoms with Gasteiger partial charge in [0, 0.05) is 41.3 Å². The number of aromatic nitrogens is 4. The fraction of sp³-hybridized carbons (Fsp3) is 0.190. The Kier molecular flexibility index (Phi) is 3.70. The Morgan fingerprint density at radius 1 is 0.963 bits per heavy atom. The van der Waals surface area contributed by atoms with Crippen molar-refractivity contribution in [1.82, 2.24) is 19.5 Å². The van der Waals surface area contributed by atoms with Crippen LogP contribution in [0, 0.1) is 11.6 Å². The molecule has 0 aliphatic heterocycles. The van der Waals surface area contributed by atoms with Crippen LogP contribution in [0.1, 0.15) is 29.9 Å². The van der Waals surface area contributed by atoms with Crippen molar-refractivity contribution in [2.45, 2.75) is 25.3 Å². The summed E-state index contributed by atoms with van der Waals surface area (Å²) in [5, 5.41) is 0.855. The molecule has 0 saturated heterocycles. The maximum absolute atomic E-state index is 14.1. The third kappa shape index (κ3) is 2.87. The van der Waals surface area contributed by atoms with Gasteiger partial charge in [-0.05, 0) is 48.6 Å². The van der Waals surface area contributed by atoms with Crippen molar-refractivity contribution in [3.05, 3.63) is 77.9 Å². The van der Waals surface area contributed by atoms with Crippen molar-refractivity contribution in [2.75, 3.05) is 0 Å². The largest absolute Gasteiger partial charge is 0.327 e. The second-order valence-electron chi connectivity index (χ2n) is 6.86. The molecule has 0 amide bonds. The van der Waals surface area contributed by atoms with E-state index in [1.54, 1.807) is 10.8 Å². The van der Waals surface area contributed by atoms with Crippen LogP contribution in [0.3, 0.4) is 0 Å². The molecule has 6 heteroatoms. The van der Waals surface area contributed by atoms with Crippen molar-refractivity contribution in [1.29, 1.82) is 0 Å². The molecule has 27 heavy (non-hydrogen) atoms. The lowest BCUT2D eigenvalue weighted by Crippen LogP contribution is -2.04. The quantitative estimate of drug-likeness (QED) is 0.529. The van der Waals surface area contributed by atoms with Crippen LogP contribution >= 0.6 is 0 Å². The van der Waals surface area contributed by atoms with E-state index < -0.39 is 11.6 Å². The molecule has 1 saturated carbocycles. The zero-order valence-electron chi connectivity index (χ0n) is 14.4. The number of halogens is 2. The smallest absolute Gasteiger partial charge is 0.161 e. The van der Waals surface area contributed by atoms with E-state index in [1.165, 1.54) is 31.0 Å². The minimum Gasteiger partial charge on any atom is -0.327 e. The topological polar surface area (TPSA) is 43.6 Å². The summed E-state index contributed by atoms with van der Waals surface area (Å²) >= 11 is 0. The van der Waals surface area contributed by atoms with E-state index in [4.69, 9.17) is 0 Å². The highest BCUT2D eigenvalue weighted by atomic mass is 19.1. The normalized spacial score (nSPS) is 14.0. The summed E-state index contributed by atoms with van der Waals surface area (Å²) in [6, 6.07) is 7.64. The van der Waals surface area contributed by atoms with Gasteiger partial charge in [0.1, 0.15) is 17.3 Å². The molecular weight excluding hydrogens is 346 g/mol. The molecule has 5 rings (SSSR count). The zero-order chi connectivity index (χ0) is 18.4. The van der Waals surface area contributed by atoms with E-state index in [2.05, 4.69) is 15.0 Å². The van der Waals surface area contributed by atoms with E-state index in [9.17, 15) is 8.78 Å². The van der Waals surface area contributed by atoms with Gasteiger partial charge in [0.2, 0.25) is 0 Å². The van der Waals surface area contributed by atoms with E-state index in [0.29, 0.717) is 17.4 Å². The number of fused-ring (bicyclic) bond motifs is 1. The van der Waals surface area contributed by atoms with Gasteiger partial charge in [-0.25, -0.2) is 23.7 Å². The van der Waals surface area contributed by atoms with E-state index in [0.717, 1.165) is 16.5 Å². The van der Waals surface area contributed by atoms with Crippen molar-refractivity contribution in [3.8, 4) is 11.4 Å². The molecule has 0 N–H and O–H groups in total. The van der Waals surface area contributed by atoms with Crippen LogP contribution in [-0.4, -0.2) is 19.5 Å². The first-order valence-corrected chi connectivity index (χ1v) is 8.90. The van der Waals surface area contributed by atoms with E-state index in [-0.39, 0.29) is 12.1 Å². The Bertz CT molecular complexity index is 1110. The first-order valence-electron chi connectivity index (χ1n) is 8.90. The maximum Gasteiger partial charge on any atom is 0.161 e. The molecule has 0 atom stereocenters. The predicted molar refractivity (Wildman–Crippen MR) is 98.2 cm³/mol. The summed E-state index contributed by atoms with van der Waals surface area (Å²) in [7, 11) is 0. The minimum atomic E-state index is -0.570. The maximum atomic E-state index is 14.1. The Balaban J connectivity index is 1.60. The molecule has 0 bridgehead atoms. The summed E-state index contributed by atoms with van der Waals surface area (Å²) in [5.74, 6) is 0.0370. The van der Waals surface area contributed by atoms with Crippen LogP contribution < -0.4 is 0 Å². The first-order chi connectivity index (χ1) is 13.2. The van der Waals surface area contributed by atoms with Gasteiger partial charge in [-0.3, -0.25) is 0 Å². The van der Waals surface area contributed by atoms with Crippen LogP contribution in [0.15, 0.2) is 55.1 Å². The summed E-state index contributed by atoms with van der Waals surface area (Å²) in [4.78, 5) is 13.4. The van der Waals surface area contributed by atoms with Gasteiger partial charge in [0.15, 0.2) is 5.82 Å². The number of pyridine rings is 1. The second kappa shape index (κ2) is 6.23. The van der Waals surface area contributed by atoms with Crippen LogP contribution in [0.5, 0.6) is 0 Å². The molecule has 1 aromatic carbocycles. The predicted octanol–water partition coefficient (Wildman–Crippen LogP) is 4.70. The molecular formula is C21H16F2N4. The first kappa shape index (κ1) is 16.1. The molecule has 1 aliphatic rings. The molecule has 134 valence electrons. The third-order valence-electron chi connectivity index (χ3n) is 4.99. The van der Waals surface area contributed by atoms with Gasteiger partial charge in [-0.1, -0.05) is 6.07 Å². The van der Waals surface area contributed by atoms with Gasteiger partial charge in [-0.15, -0.1) is 0 Å². The van der Waals surface area contributed by atoms with Gasteiger partial charge in [0.05, 0.1) is 6.54 Å². The number of hydrogen-bond donors (Lipinski definition) is 0. The van der Waals surface area contributed by atoms with Crippen molar-refractivity contribution in [3.63, 3.8) is 0 Å². The summed E-state index contributed by atoms with van der Waals surface area (Å²) in [6.45, 7) is 0.0478. The standard InChI is InChI=1S/C21H16F2N4/c22-18-4-1-5-19(23)17(18)12-27-11-16(15-3-2-8-24-21(15)27)20-25-9-14(10-26-20)13-6-7-13/h1-5,8-11,13H,6-7,12H2. The number of rotatable bonds is 4. The van der Waals surface area contributed by atoms with Crippen molar-refractivity contribution in [2.24, 2.45) is 0 Å². The van der Waals surface area contributed by atoms with Gasteiger partial charge < -0.3 is 4.57 Å². The van der Waals surface area contributed by atoms with Crippen LogP contribution in [0.25, 0.3) is 22.4 Å². The average molecular weight is 362 g/mol.